The lowest BCUT2D eigenvalue weighted by Gasteiger charge is -2.09. The maximum absolute atomic E-state index is 5.08. The van der Waals surface area contributed by atoms with E-state index in [-0.39, 0.29) is 0 Å². The number of methoxy groups -OCH3 is 1. The number of aromatic nitrogens is 3. The van der Waals surface area contributed by atoms with Crippen LogP contribution in [0.15, 0.2) is 24.5 Å². The molecule has 0 aliphatic rings. The van der Waals surface area contributed by atoms with Gasteiger partial charge in [-0.15, -0.1) is 0 Å². The average Bonchev–Trinajstić information content (AvgIpc) is 2.73. The van der Waals surface area contributed by atoms with Crippen molar-refractivity contribution in [2.75, 3.05) is 19.0 Å². The Labute approximate surface area is 113 Å². The Bertz CT molecular complexity index is 519. The van der Waals surface area contributed by atoms with Gasteiger partial charge < -0.3 is 14.6 Å². The second kappa shape index (κ2) is 6.33. The Kier molecular flexibility index (Phi) is 4.52. The molecular formula is C14H20N4O. The smallest absolute Gasteiger partial charge is 0.207 e. The number of aryl methyl sites for hydroxylation is 3. The summed E-state index contributed by atoms with van der Waals surface area (Å²) in [5, 5.41) is 3.30. The topological polar surface area (TPSA) is 52.0 Å². The molecule has 0 saturated carbocycles. The number of nitrogens with one attached hydrogen (secondary N) is 1. The van der Waals surface area contributed by atoms with Crippen LogP contribution in [-0.4, -0.2) is 28.3 Å². The second-order valence-corrected chi connectivity index (χ2v) is 4.56. The molecule has 102 valence electrons. The summed E-state index contributed by atoms with van der Waals surface area (Å²) in [5.41, 5.74) is 2.95. The van der Waals surface area contributed by atoms with E-state index in [1.807, 2.05) is 38.4 Å². The minimum atomic E-state index is 0.753. The number of rotatable bonds is 6. The van der Waals surface area contributed by atoms with E-state index in [1.165, 1.54) is 0 Å². The molecule has 0 aliphatic carbocycles. The molecule has 0 aromatic carbocycles. The zero-order valence-electron chi connectivity index (χ0n) is 11.7. The van der Waals surface area contributed by atoms with Crippen molar-refractivity contribution in [1.82, 2.24) is 14.5 Å². The van der Waals surface area contributed by atoms with Gasteiger partial charge in [0.1, 0.15) is 0 Å². The molecule has 0 radical (unpaired) electrons. The Morgan fingerprint density at radius 2 is 2.11 bits per heavy atom. The van der Waals surface area contributed by atoms with Crippen LogP contribution in [0.25, 0.3) is 0 Å². The highest BCUT2D eigenvalue weighted by atomic mass is 16.5. The number of imidazole rings is 1. The fourth-order valence-corrected chi connectivity index (χ4v) is 1.87. The van der Waals surface area contributed by atoms with Crippen LogP contribution < -0.4 is 5.32 Å². The van der Waals surface area contributed by atoms with Crippen molar-refractivity contribution >= 4 is 11.6 Å². The SMILES string of the molecule is COCCCn1cc(C)nc1Nc1ccc(C)nc1. The lowest BCUT2D eigenvalue weighted by molar-refractivity contribution is 0.190. The van der Waals surface area contributed by atoms with Crippen molar-refractivity contribution in [3.63, 3.8) is 0 Å². The van der Waals surface area contributed by atoms with Crippen LogP contribution in [0, 0.1) is 13.8 Å². The van der Waals surface area contributed by atoms with Gasteiger partial charge in [-0.05, 0) is 32.4 Å². The van der Waals surface area contributed by atoms with Gasteiger partial charge in [0.05, 0.1) is 17.6 Å². The number of anilines is 2. The van der Waals surface area contributed by atoms with Crippen LogP contribution in [0.2, 0.25) is 0 Å². The Morgan fingerprint density at radius 3 is 2.79 bits per heavy atom. The van der Waals surface area contributed by atoms with Gasteiger partial charge in [-0.2, -0.15) is 0 Å². The van der Waals surface area contributed by atoms with Crippen molar-refractivity contribution in [2.45, 2.75) is 26.8 Å². The second-order valence-electron chi connectivity index (χ2n) is 4.56. The first-order valence-corrected chi connectivity index (χ1v) is 6.41. The number of hydrogen-bond donors (Lipinski definition) is 1. The fourth-order valence-electron chi connectivity index (χ4n) is 1.87. The van der Waals surface area contributed by atoms with Crippen LogP contribution in [0.3, 0.4) is 0 Å². The molecule has 0 aliphatic heterocycles. The van der Waals surface area contributed by atoms with Crippen LogP contribution in [0.5, 0.6) is 0 Å². The first-order valence-electron chi connectivity index (χ1n) is 6.41. The van der Waals surface area contributed by atoms with E-state index in [2.05, 4.69) is 19.9 Å². The van der Waals surface area contributed by atoms with E-state index in [4.69, 9.17) is 4.74 Å². The molecule has 19 heavy (non-hydrogen) atoms. The summed E-state index contributed by atoms with van der Waals surface area (Å²) in [6.07, 6.45) is 4.82. The monoisotopic (exact) mass is 260 g/mol. The Morgan fingerprint density at radius 1 is 1.26 bits per heavy atom. The number of pyridine rings is 1. The molecule has 0 unspecified atom stereocenters. The van der Waals surface area contributed by atoms with Crippen LogP contribution >= 0.6 is 0 Å². The summed E-state index contributed by atoms with van der Waals surface area (Å²) in [4.78, 5) is 8.76. The Hall–Kier alpha value is -1.88. The molecular weight excluding hydrogens is 240 g/mol. The number of nitrogens with zero attached hydrogens (tertiary/aromatic N) is 3. The quantitative estimate of drug-likeness (QED) is 0.811. The normalized spacial score (nSPS) is 10.7. The molecule has 0 saturated heterocycles. The molecule has 2 rings (SSSR count). The summed E-state index contributed by atoms with van der Waals surface area (Å²) in [6, 6.07) is 3.99. The van der Waals surface area contributed by atoms with Crippen LogP contribution in [-0.2, 0) is 11.3 Å². The lowest BCUT2D eigenvalue weighted by Crippen LogP contribution is -2.05. The molecule has 0 spiro atoms. The summed E-state index contributed by atoms with van der Waals surface area (Å²) in [5.74, 6) is 0.847. The van der Waals surface area contributed by atoms with Gasteiger partial charge >= 0.3 is 0 Å². The van der Waals surface area contributed by atoms with Gasteiger partial charge in [0.25, 0.3) is 0 Å². The summed E-state index contributed by atoms with van der Waals surface area (Å²) >= 11 is 0. The standard InChI is InChI=1S/C14H20N4O/c1-11-5-6-13(9-15-11)17-14-16-12(2)10-18(14)7-4-8-19-3/h5-6,9-10H,4,7-8H2,1-3H3,(H,16,17). The summed E-state index contributed by atoms with van der Waals surface area (Å²) in [7, 11) is 1.72. The van der Waals surface area contributed by atoms with E-state index in [0.717, 1.165) is 42.6 Å². The highest BCUT2D eigenvalue weighted by molar-refractivity contribution is 5.52. The van der Waals surface area contributed by atoms with Gasteiger partial charge in [0.2, 0.25) is 5.95 Å². The Balaban J connectivity index is 2.08. The van der Waals surface area contributed by atoms with Crippen LogP contribution in [0.4, 0.5) is 11.6 Å². The van der Waals surface area contributed by atoms with E-state index in [0.29, 0.717) is 0 Å². The molecule has 1 N–H and O–H groups in total. The molecule has 0 bridgehead atoms. The van der Waals surface area contributed by atoms with Crippen molar-refractivity contribution in [2.24, 2.45) is 0 Å². The minimum Gasteiger partial charge on any atom is -0.385 e. The predicted octanol–water partition coefficient (Wildman–Crippen LogP) is 2.68. The molecule has 2 heterocycles. The van der Waals surface area contributed by atoms with Gasteiger partial charge in [-0.25, -0.2) is 4.98 Å². The minimum absolute atomic E-state index is 0.753. The summed E-state index contributed by atoms with van der Waals surface area (Å²) in [6.45, 7) is 5.60. The van der Waals surface area contributed by atoms with E-state index in [9.17, 15) is 0 Å². The third-order valence-electron chi connectivity index (χ3n) is 2.81. The first kappa shape index (κ1) is 13.5. The molecule has 5 heteroatoms. The van der Waals surface area contributed by atoms with E-state index in [1.54, 1.807) is 7.11 Å². The van der Waals surface area contributed by atoms with Gasteiger partial charge in [-0.3, -0.25) is 4.98 Å². The third kappa shape index (κ3) is 3.79. The zero-order chi connectivity index (χ0) is 13.7. The maximum atomic E-state index is 5.08. The molecule has 0 atom stereocenters. The van der Waals surface area contributed by atoms with Crippen molar-refractivity contribution < 1.29 is 4.74 Å². The van der Waals surface area contributed by atoms with Gasteiger partial charge in [0.15, 0.2) is 0 Å². The molecule has 0 amide bonds. The largest absolute Gasteiger partial charge is 0.385 e. The van der Waals surface area contributed by atoms with Crippen molar-refractivity contribution in [3.05, 3.63) is 35.9 Å². The highest BCUT2D eigenvalue weighted by Crippen LogP contribution is 2.16. The van der Waals surface area contributed by atoms with Crippen molar-refractivity contribution in [3.8, 4) is 0 Å². The lowest BCUT2D eigenvalue weighted by atomic mass is 10.3. The summed E-state index contributed by atoms with van der Waals surface area (Å²) < 4.78 is 7.18. The molecule has 2 aromatic heterocycles. The number of ether oxygens (including phenoxy) is 1. The molecule has 5 nitrogen and oxygen atoms in total. The maximum Gasteiger partial charge on any atom is 0.207 e. The molecule has 0 fully saturated rings. The predicted molar refractivity (Wildman–Crippen MR) is 75.7 cm³/mol. The average molecular weight is 260 g/mol. The highest BCUT2D eigenvalue weighted by Gasteiger charge is 2.05. The number of hydrogen-bond acceptors (Lipinski definition) is 4. The third-order valence-corrected chi connectivity index (χ3v) is 2.81. The molecule has 2 aromatic rings. The van der Waals surface area contributed by atoms with E-state index >= 15 is 0 Å². The fraction of sp³-hybridized carbons (Fsp3) is 0.429. The van der Waals surface area contributed by atoms with Crippen molar-refractivity contribution in [1.29, 1.82) is 0 Å². The van der Waals surface area contributed by atoms with Crippen LogP contribution in [0.1, 0.15) is 17.8 Å². The van der Waals surface area contributed by atoms with Gasteiger partial charge in [0, 0.05) is 32.2 Å². The zero-order valence-corrected chi connectivity index (χ0v) is 11.7. The van der Waals surface area contributed by atoms with E-state index < -0.39 is 0 Å². The first-order chi connectivity index (χ1) is 9.19. The van der Waals surface area contributed by atoms with Gasteiger partial charge in [-0.1, -0.05) is 0 Å².